The minimum Gasteiger partial charge on any atom is -0.491 e. The maximum Gasteiger partial charge on any atom is 0.287 e. The summed E-state index contributed by atoms with van der Waals surface area (Å²) in [6, 6.07) is 4.40. The smallest absolute Gasteiger partial charge is 0.287 e. The molecule has 0 atom stereocenters. The highest BCUT2D eigenvalue weighted by Gasteiger charge is 2.08. The van der Waals surface area contributed by atoms with Crippen LogP contribution in [0.5, 0.6) is 5.75 Å². The highest BCUT2D eigenvalue weighted by atomic mass is 19.1. The second-order valence-corrected chi connectivity index (χ2v) is 3.44. The predicted octanol–water partition coefficient (Wildman–Crippen LogP) is 1.43. The van der Waals surface area contributed by atoms with Crippen molar-refractivity contribution >= 4 is 11.7 Å². The highest BCUT2D eigenvalue weighted by Crippen LogP contribution is 2.18. The number of hydrogen-bond donors (Lipinski definition) is 1. The molecule has 4 nitrogen and oxygen atoms in total. The first kappa shape index (κ1) is 13.2. The molecule has 0 saturated carbocycles. The zero-order chi connectivity index (χ0) is 12.8. The molecule has 0 unspecified atom stereocenters. The first-order chi connectivity index (χ1) is 8.04. The number of nitrogens with one attached hydrogen (secondary N) is 1. The molecule has 0 radical (unpaired) electrons. The average molecular weight is 239 g/mol. The normalized spacial score (nSPS) is 9.82. The van der Waals surface area contributed by atoms with Crippen LogP contribution in [0.3, 0.4) is 0 Å². The summed E-state index contributed by atoms with van der Waals surface area (Å²) in [5.74, 6) is -1.56. The van der Waals surface area contributed by atoms with Gasteiger partial charge in [-0.25, -0.2) is 4.39 Å². The molecule has 0 aliphatic carbocycles. The molecule has 1 N–H and O–H groups in total. The lowest BCUT2D eigenvalue weighted by atomic mass is 10.2. The lowest BCUT2D eigenvalue weighted by Crippen LogP contribution is -2.28. The summed E-state index contributed by atoms with van der Waals surface area (Å²) in [5.41, 5.74) is 0.570. The minimum absolute atomic E-state index is 0.113. The van der Waals surface area contributed by atoms with Crippen molar-refractivity contribution in [2.75, 3.05) is 6.61 Å². The van der Waals surface area contributed by atoms with Crippen molar-refractivity contribution in [2.24, 2.45) is 0 Å². The van der Waals surface area contributed by atoms with Crippen molar-refractivity contribution in [1.29, 1.82) is 0 Å². The van der Waals surface area contributed by atoms with Crippen molar-refractivity contribution in [1.82, 2.24) is 5.32 Å². The Kier molecular flexibility index (Phi) is 4.63. The fraction of sp³-hybridized carbons (Fsp3) is 0.333. The number of carbonyl (C=O) groups excluding carboxylic acids is 2. The van der Waals surface area contributed by atoms with Gasteiger partial charge in [0.1, 0.15) is 0 Å². The van der Waals surface area contributed by atoms with Crippen LogP contribution in [0.15, 0.2) is 18.2 Å². The summed E-state index contributed by atoms with van der Waals surface area (Å²) in [6.45, 7) is 3.44. The molecule has 0 heterocycles. The van der Waals surface area contributed by atoms with Crippen LogP contribution in [0.1, 0.15) is 19.4 Å². The van der Waals surface area contributed by atoms with E-state index in [0.29, 0.717) is 12.2 Å². The maximum absolute atomic E-state index is 13.4. The Labute approximate surface area is 98.8 Å². The topological polar surface area (TPSA) is 55.4 Å². The van der Waals surface area contributed by atoms with Crippen LogP contribution >= 0.6 is 0 Å². The molecule has 0 aliphatic rings. The molecule has 5 heteroatoms. The van der Waals surface area contributed by atoms with Gasteiger partial charge in [-0.2, -0.15) is 0 Å². The van der Waals surface area contributed by atoms with Crippen LogP contribution in [0.25, 0.3) is 0 Å². The number of amides is 1. The third kappa shape index (κ3) is 3.86. The van der Waals surface area contributed by atoms with Gasteiger partial charge in [0.2, 0.25) is 5.78 Å². The van der Waals surface area contributed by atoms with Gasteiger partial charge in [-0.05, 0) is 24.6 Å². The number of hydrogen-bond acceptors (Lipinski definition) is 3. The van der Waals surface area contributed by atoms with Gasteiger partial charge in [0.05, 0.1) is 6.61 Å². The second kappa shape index (κ2) is 5.98. The molecule has 1 aromatic rings. The van der Waals surface area contributed by atoms with E-state index in [1.165, 1.54) is 19.1 Å². The van der Waals surface area contributed by atoms with E-state index >= 15 is 0 Å². The first-order valence-electron chi connectivity index (χ1n) is 5.24. The molecule has 1 amide bonds. The highest BCUT2D eigenvalue weighted by molar-refractivity contribution is 6.35. The van der Waals surface area contributed by atoms with Gasteiger partial charge in [-0.15, -0.1) is 0 Å². The van der Waals surface area contributed by atoms with Gasteiger partial charge in [0, 0.05) is 13.5 Å². The average Bonchev–Trinajstić information content (AvgIpc) is 2.29. The number of ketones is 1. The summed E-state index contributed by atoms with van der Waals surface area (Å²) in [6.07, 6.45) is 0. The monoisotopic (exact) mass is 239 g/mol. The van der Waals surface area contributed by atoms with E-state index in [0.717, 1.165) is 0 Å². The van der Waals surface area contributed by atoms with Crippen LogP contribution in [-0.4, -0.2) is 18.3 Å². The molecule has 17 heavy (non-hydrogen) atoms. The third-order valence-corrected chi connectivity index (χ3v) is 2.07. The van der Waals surface area contributed by atoms with Crippen molar-refractivity contribution in [3.8, 4) is 5.75 Å². The zero-order valence-corrected chi connectivity index (χ0v) is 9.75. The van der Waals surface area contributed by atoms with E-state index in [2.05, 4.69) is 5.32 Å². The predicted molar refractivity (Wildman–Crippen MR) is 60.1 cm³/mol. The Morgan fingerprint density at radius 2 is 2.12 bits per heavy atom. The van der Waals surface area contributed by atoms with Gasteiger partial charge >= 0.3 is 0 Å². The van der Waals surface area contributed by atoms with E-state index in [9.17, 15) is 14.0 Å². The molecule has 1 rings (SSSR count). The molecule has 0 aromatic heterocycles. The lowest BCUT2D eigenvalue weighted by Gasteiger charge is -2.07. The van der Waals surface area contributed by atoms with Gasteiger partial charge in [-0.3, -0.25) is 9.59 Å². The Morgan fingerprint density at radius 3 is 2.65 bits per heavy atom. The Morgan fingerprint density at radius 1 is 1.41 bits per heavy atom. The van der Waals surface area contributed by atoms with Crippen molar-refractivity contribution in [2.45, 2.75) is 20.4 Å². The molecule has 0 saturated heterocycles. The van der Waals surface area contributed by atoms with Crippen molar-refractivity contribution in [3.05, 3.63) is 29.6 Å². The lowest BCUT2D eigenvalue weighted by molar-refractivity contribution is -0.136. The minimum atomic E-state index is -0.681. The Bertz CT molecular complexity index is 432. The number of rotatable bonds is 5. The summed E-state index contributed by atoms with van der Waals surface area (Å²) in [7, 11) is 0. The van der Waals surface area contributed by atoms with Gasteiger partial charge < -0.3 is 10.1 Å². The summed E-state index contributed by atoms with van der Waals surface area (Å²) >= 11 is 0. The summed E-state index contributed by atoms with van der Waals surface area (Å²) in [4.78, 5) is 21.7. The second-order valence-electron chi connectivity index (χ2n) is 3.44. The van der Waals surface area contributed by atoms with Gasteiger partial charge in [-0.1, -0.05) is 6.07 Å². The third-order valence-electron chi connectivity index (χ3n) is 2.07. The van der Waals surface area contributed by atoms with E-state index in [4.69, 9.17) is 4.74 Å². The molecular formula is C12H14FNO3. The molecule has 0 bridgehead atoms. The SMILES string of the molecule is CCOc1ccc(CNC(=O)C(C)=O)cc1F. The number of carbonyl (C=O) groups is 2. The molecule has 0 spiro atoms. The number of ether oxygens (including phenoxy) is 1. The Balaban J connectivity index is 2.64. The maximum atomic E-state index is 13.4. The van der Waals surface area contributed by atoms with Crippen LogP contribution in [0.4, 0.5) is 4.39 Å². The van der Waals surface area contributed by atoms with Crippen LogP contribution < -0.4 is 10.1 Å². The van der Waals surface area contributed by atoms with Crippen molar-refractivity contribution in [3.63, 3.8) is 0 Å². The largest absolute Gasteiger partial charge is 0.491 e. The van der Waals surface area contributed by atoms with Crippen molar-refractivity contribution < 1.29 is 18.7 Å². The quantitative estimate of drug-likeness (QED) is 0.791. The van der Waals surface area contributed by atoms with E-state index in [1.54, 1.807) is 13.0 Å². The number of halogens is 1. The fourth-order valence-corrected chi connectivity index (χ4v) is 1.23. The zero-order valence-electron chi connectivity index (χ0n) is 9.75. The molecular weight excluding hydrogens is 225 g/mol. The molecule has 1 aromatic carbocycles. The fourth-order valence-electron chi connectivity index (χ4n) is 1.23. The molecule has 0 aliphatic heterocycles. The first-order valence-corrected chi connectivity index (χ1v) is 5.24. The van der Waals surface area contributed by atoms with Crippen LogP contribution in [-0.2, 0) is 16.1 Å². The van der Waals surface area contributed by atoms with Gasteiger partial charge in [0.25, 0.3) is 5.91 Å². The Hall–Kier alpha value is -1.91. The van der Waals surface area contributed by atoms with Gasteiger partial charge in [0.15, 0.2) is 11.6 Å². The number of benzene rings is 1. The van der Waals surface area contributed by atoms with Crippen LogP contribution in [0, 0.1) is 5.82 Å². The molecule has 92 valence electrons. The van der Waals surface area contributed by atoms with E-state index in [-0.39, 0.29) is 12.3 Å². The summed E-state index contributed by atoms with van der Waals surface area (Å²) < 4.78 is 18.5. The van der Waals surface area contributed by atoms with E-state index < -0.39 is 17.5 Å². The molecule has 0 fully saturated rings. The standard InChI is InChI=1S/C12H14FNO3/c1-3-17-11-5-4-9(6-10(11)13)7-14-12(16)8(2)15/h4-6H,3,7H2,1-2H3,(H,14,16). The van der Waals surface area contributed by atoms with E-state index in [1.807, 2.05) is 0 Å². The number of Topliss-reactive ketones (excluding diaryl/α,β-unsaturated/α-hetero) is 1. The van der Waals surface area contributed by atoms with Crippen LogP contribution in [0.2, 0.25) is 0 Å². The summed E-state index contributed by atoms with van der Waals surface area (Å²) in [5, 5.41) is 2.38.